The maximum absolute atomic E-state index is 4.22. The Labute approximate surface area is 120 Å². The number of hydrogen-bond acceptors (Lipinski definition) is 4. The maximum Gasteiger partial charge on any atom is 0.0950 e. The molecule has 1 aromatic heterocycles. The van der Waals surface area contributed by atoms with Crippen LogP contribution in [0.5, 0.6) is 0 Å². The highest BCUT2D eigenvalue weighted by Gasteiger charge is 2.26. The zero-order valence-electron chi connectivity index (χ0n) is 12.2. The van der Waals surface area contributed by atoms with Crippen LogP contribution in [0.1, 0.15) is 26.7 Å². The molecule has 1 N–H and O–H groups in total. The van der Waals surface area contributed by atoms with Crippen molar-refractivity contribution in [2.24, 2.45) is 0 Å². The van der Waals surface area contributed by atoms with E-state index in [-0.39, 0.29) is 0 Å². The summed E-state index contributed by atoms with van der Waals surface area (Å²) in [6, 6.07) is 9.36. The lowest BCUT2D eigenvalue weighted by Gasteiger charge is -2.28. The number of fused-ring (bicyclic) bond motifs is 1. The van der Waals surface area contributed by atoms with E-state index >= 15 is 0 Å². The second-order valence-corrected chi connectivity index (χ2v) is 5.80. The summed E-state index contributed by atoms with van der Waals surface area (Å²) in [7, 11) is 0. The van der Waals surface area contributed by atoms with Gasteiger partial charge >= 0.3 is 0 Å². The highest BCUT2D eigenvalue weighted by atomic mass is 15.2. The van der Waals surface area contributed by atoms with Crippen LogP contribution in [0, 0.1) is 0 Å². The zero-order valence-corrected chi connectivity index (χ0v) is 12.2. The van der Waals surface area contributed by atoms with E-state index in [0.717, 1.165) is 18.6 Å². The SMILES string of the molecule is CC(C)NCC1CCCN1c1cnnc2ccccc12. The van der Waals surface area contributed by atoms with Crippen molar-refractivity contribution in [3.8, 4) is 0 Å². The lowest BCUT2D eigenvalue weighted by atomic mass is 10.1. The van der Waals surface area contributed by atoms with Crippen LogP contribution in [0.3, 0.4) is 0 Å². The topological polar surface area (TPSA) is 41.0 Å². The van der Waals surface area contributed by atoms with Crippen LogP contribution in [-0.4, -0.2) is 35.4 Å². The molecule has 0 saturated carbocycles. The molecule has 106 valence electrons. The van der Waals surface area contributed by atoms with Crippen LogP contribution >= 0.6 is 0 Å². The number of nitrogens with zero attached hydrogens (tertiary/aromatic N) is 3. The lowest BCUT2D eigenvalue weighted by molar-refractivity contribution is 0.524. The molecule has 2 aromatic rings. The van der Waals surface area contributed by atoms with Gasteiger partial charge in [0.25, 0.3) is 0 Å². The summed E-state index contributed by atoms with van der Waals surface area (Å²) in [6.45, 7) is 6.54. The molecular weight excluding hydrogens is 248 g/mol. The summed E-state index contributed by atoms with van der Waals surface area (Å²) in [5.74, 6) is 0. The number of hydrogen-bond donors (Lipinski definition) is 1. The van der Waals surface area contributed by atoms with Crippen LogP contribution < -0.4 is 10.2 Å². The average molecular weight is 270 g/mol. The molecule has 0 spiro atoms. The van der Waals surface area contributed by atoms with Crippen molar-refractivity contribution in [2.45, 2.75) is 38.8 Å². The van der Waals surface area contributed by atoms with Gasteiger partial charge < -0.3 is 10.2 Å². The summed E-state index contributed by atoms with van der Waals surface area (Å²) in [5, 5.41) is 13.2. The fourth-order valence-electron chi connectivity index (χ4n) is 2.96. The first-order valence-corrected chi connectivity index (χ1v) is 7.46. The van der Waals surface area contributed by atoms with E-state index in [1.165, 1.54) is 23.9 Å². The van der Waals surface area contributed by atoms with Crippen molar-refractivity contribution in [2.75, 3.05) is 18.0 Å². The Morgan fingerprint density at radius 2 is 2.20 bits per heavy atom. The molecule has 3 rings (SSSR count). The molecule has 1 aromatic carbocycles. The minimum atomic E-state index is 0.532. The Balaban J connectivity index is 1.89. The predicted molar refractivity (Wildman–Crippen MR) is 83.0 cm³/mol. The van der Waals surface area contributed by atoms with Gasteiger partial charge in [-0.2, -0.15) is 10.2 Å². The summed E-state index contributed by atoms with van der Waals surface area (Å²) in [4.78, 5) is 2.49. The van der Waals surface area contributed by atoms with E-state index in [0.29, 0.717) is 12.1 Å². The van der Waals surface area contributed by atoms with Gasteiger partial charge in [-0.3, -0.25) is 0 Å². The van der Waals surface area contributed by atoms with Gasteiger partial charge in [0.05, 0.1) is 17.4 Å². The summed E-state index contributed by atoms with van der Waals surface area (Å²) in [6.07, 6.45) is 4.41. The molecule has 1 saturated heterocycles. The van der Waals surface area contributed by atoms with Gasteiger partial charge in [-0.25, -0.2) is 0 Å². The van der Waals surface area contributed by atoms with E-state index in [9.17, 15) is 0 Å². The minimum absolute atomic E-state index is 0.532. The number of nitrogens with one attached hydrogen (secondary N) is 1. The van der Waals surface area contributed by atoms with Gasteiger partial charge in [-0.05, 0) is 18.9 Å². The molecule has 0 bridgehead atoms. The highest BCUT2D eigenvalue weighted by molar-refractivity contribution is 5.91. The van der Waals surface area contributed by atoms with E-state index in [1.54, 1.807) is 0 Å². The van der Waals surface area contributed by atoms with Crippen LogP contribution in [-0.2, 0) is 0 Å². The monoisotopic (exact) mass is 270 g/mol. The van der Waals surface area contributed by atoms with E-state index in [2.05, 4.69) is 46.4 Å². The first-order valence-electron chi connectivity index (χ1n) is 7.46. The molecule has 1 aliphatic rings. The number of aromatic nitrogens is 2. The van der Waals surface area contributed by atoms with Crippen LogP contribution in [0.25, 0.3) is 10.9 Å². The Hall–Kier alpha value is -1.68. The minimum Gasteiger partial charge on any atom is -0.365 e. The summed E-state index contributed by atoms with van der Waals surface area (Å²) in [5.41, 5.74) is 2.20. The third-order valence-corrected chi connectivity index (χ3v) is 3.97. The van der Waals surface area contributed by atoms with Crippen molar-refractivity contribution in [3.63, 3.8) is 0 Å². The molecule has 1 fully saturated rings. The van der Waals surface area contributed by atoms with Crippen LogP contribution in [0.4, 0.5) is 5.69 Å². The van der Waals surface area contributed by atoms with E-state index < -0.39 is 0 Å². The molecule has 0 aliphatic carbocycles. The molecule has 20 heavy (non-hydrogen) atoms. The fourth-order valence-corrected chi connectivity index (χ4v) is 2.96. The first kappa shape index (κ1) is 13.3. The first-order chi connectivity index (χ1) is 9.75. The van der Waals surface area contributed by atoms with Crippen LogP contribution in [0.15, 0.2) is 30.5 Å². The Kier molecular flexibility index (Phi) is 3.83. The standard InChI is InChI=1S/C16H22N4/c1-12(2)17-10-13-6-5-9-20(13)16-11-18-19-15-8-4-3-7-14(15)16/h3-4,7-8,11-13,17H,5-6,9-10H2,1-2H3. The fraction of sp³-hybridized carbons (Fsp3) is 0.500. The molecule has 4 heteroatoms. The Morgan fingerprint density at radius 1 is 1.35 bits per heavy atom. The summed E-state index contributed by atoms with van der Waals surface area (Å²) < 4.78 is 0. The maximum atomic E-state index is 4.22. The molecule has 1 atom stereocenters. The smallest absolute Gasteiger partial charge is 0.0950 e. The van der Waals surface area contributed by atoms with Gasteiger partial charge in [-0.1, -0.05) is 32.0 Å². The van der Waals surface area contributed by atoms with Crippen molar-refractivity contribution in [3.05, 3.63) is 30.5 Å². The molecule has 0 radical (unpaired) electrons. The highest BCUT2D eigenvalue weighted by Crippen LogP contribution is 2.30. The predicted octanol–water partition coefficient (Wildman–Crippen LogP) is 2.60. The Morgan fingerprint density at radius 3 is 3.05 bits per heavy atom. The average Bonchev–Trinajstić information content (AvgIpc) is 2.92. The van der Waals surface area contributed by atoms with Crippen molar-refractivity contribution >= 4 is 16.6 Å². The van der Waals surface area contributed by atoms with E-state index in [1.807, 2.05) is 18.3 Å². The second kappa shape index (κ2) is 5.75. The van der Waals surface area contributed by atoms with Crippen molar-refractivity contribution in [1.29, 1.82) is 0 Å². The molecule has 1 unspecified atom stereocenters. The normalized spacial score (nSPS) is 19.1. The van der Waals surface area contributed by atoms with Gasteiger partial charge in [0.15, 0.2) is 0 Å². The molecule has 1 aliphatic heterocycles. The van der Waals surface area contributed by atoms with Gasteiger partial charge in [-0.15, -0.1) is 0 Å². The Bertz CT molecular complexity index is 576. The largest absolute Gasteiger partial charge is 0.365 e. The van der Waals surface area contributed by atoms with Crippen LogP contribution in [0.2, 0.25) is 0 Å². The second-order valence-electron chi connectivity index (χ2n) is 5.80. The number of benzene rings is 1. The molecule has 2 heterocycles. The lowest BCUT2D eigenvalue weighted by Crippen LogP contribution is -2.40. The number of rotatable bonds is 4. The van der Waals surface area contributed by atoms with E-state index in [4.69, 9.17) is 0 Å². The van der Waals surface area contributed by atoms with Gasteiger partial charge in [0.2, 0.25) is 0 Å². The van der Waals surface area contributed by atoms with Crippen molar-refractivity contribution < 1.29 is 0 Å². The van der Waals surface area contributed by atoms with Crippen molar-refractivity contribution in [1.82, 2.24) is 15.5 Å². The van der Waals surface area contributed by atoms with Gasteiger partial charge in [0, 0.05) is 30.6 Å². The third-order valence-electron chi connectivity index (χ3n) is 3.97. The summed E-state index contributed by atoms with van der Waals surface area (Å²) >= 11 is 0. The molecule has 0 amide bonds. The quantitative estimate of drug-likeness (QED) is 0.927. The third kappa shape index (κ3) is 2.61. The zero-order chi connectivity index (χ0) is 13.9. The number of anilines is 1. The molecule has 4 nitrogen and oxygen atoms in total. The molecular formula is C16H22N4. The van der Waals surface area contributed by atoms with Gasteiger partial charge in [0.1, 0.15) is 0 Å².